The van der Waals surface area contributed by atoms with Gasteiger partial charge in [-0.3, -0.25) is 9.80 Å². The van der Waals surface area contributed by atoms with E-state index in [0.29, 0.717) is 0 Å². The van der Waals surface area contributed by atoms with E-state index < -0.39 is 5.50 Å². The van der Waals surface area contributed by atoms with Gasteiger partial charge in [0.1, 0.15) is 0 Å². The number of fused-ring (bicyclic) bond motifs is 1. The van der Waals surface area contributed by atoms with Gasteiger partial charge >= 0.3 is 0 Å². The van der Waals surface area contributed by atoms with E-state index in [9.17, 15) is 10.5 Å². The molecule has 60 valence electrons. The number of hydrazine groups is 1. The third kappa shape index (κ3) is 1.13. The fourth-order valence-corrected chi connectivity index (χ4v) is 2.26. The van der Waals surface area contributed by atoms with Gasteiger partial charge in [0.2, 0.25) is 0 Å². The molecule has 0 aromatic rings. The van der Waals surface area contributed by atoms with E-state index in [2.05, 4.69) is 0 Å². The standard InChI is InChI=1S/C6H9N3OS/c7-5-8-3-1-2-4-9(8)6(10)11-5/h5H,1-4H2. The first-order chi connectivity index (χ1) is 5.29. The third-order valence-electron chi connectivity index (χ3n) is 1.99. The van der Waals surface area contributed by atoms with E-state index in [1.807, 2.05) is 0 Å². The lowest BCUT2D eigenvalue weighted by atomic mass is 10.2. The lowest BCUT2D eigenvalue weighted by Gasteiger charge is -2.32. The number of rotatable bonds is 0. The molecule has 0 aliphatic carbocycles. The first kappa shape index (κ1) is 7.39. The summed E-state index contributed by atoms with van der Waals surface area (Å²) in [6.07, 6.45) is 2.12. The van der Waals surface area contributed by atoms with E-state index in [1.165, 1.54) is 0 Å². The van der Waals surface area contributed by atoms with Crippen molar-refractivity contribution in [3.05, 3.63) is 0 Å². The number of nitrogens with zero attached hydrogens (tertiary/aromatic N) is 3. The Hall–Kier alpha value is -0.260. The molecule has 0 aromatic carbocycles. The van der Waals surface area contributed by atoms with E-state index in [4.69, 9.17) is 0 Å². The fraction of sp³-hybridized carbons (Fsp3) is 0.833. The molecule has 2 aliphatic rings. The Morgan fingerprint density at radius 3 is 2.91 bits per heavy atom. The number of thioether (sulfide) groups is 1. The van der Waals surface area contributed by atoms with Crippen molar-refractivity contribution in [2.45, 2.75) is 18.3 Å². The summed E-state index contributed by atoms with van der Waals surface area (Å²) in [5, 5.41) is 3.35. The predicted octanol–water partition coefficient (Wildman–Crippen LogP) is 0.518. The van der Waals surface area contributed by atoms with Crippen LogP contribution in [0.2, 0.25) is 0 Å². The molecule has 0 bridgehead atoms. The average Bonchev–Trinajstić information content (AvgIpc) is 2.30. The molecule has 0 spiro atoms. The van der Waals surface area contributed by atoms with Crippen LogP contribution < -0.4 is 5.73 Å². The molecule has 2 rings (SSSR count). The summed E-state index contributed by atoms with van der Waals surface area (Å²) in [4.78, 5) is 11.1. The summed E-state index contributed by atoms with van der Waals surface area (Å²) >= 11 is 0.994. The van der Waals surface area contributed by atoms with Gasteiger partial charge in [0.25, 0.3) is 5.24 Å². The lowest BCUT2D eigenvalue weighted by molar-refractivity contribution is -0.000147. The minimum absolute atomic E-state index is 0.0165. The molecule has 0 saturated carbocycles. The zero-order valence-electron chi connectivity index (χ0n) is 6.06. The van der Waals surface area contributed by atoms with Crippen molar-refractivity contribution in [2.75, 3.05) is 13.1 Å². The highest BCUT2D eigenvalue weighted by molar-refractivity contribution is 8.14. The Labute approximate surface area is 69.7 Å². The minimum atomic E-state index is -0.636. The largest absolute Gasteiger partial charge is 0.299 e. The summed E-state index contributed by atoms with van der Waals surface area (Å²) < 4.78 is 0. The first-order valence-electron chi connectivity index (χ1n) is 3.72. The molecule has 1 unspecified atom stereocenters. The van der Waals surface area contributed by atoms with E-state index in [0.717, 1.165) is 37.7 Å². The van der Waals surface area contributed by atoms with Gasteiger partial charge in [0, 0.05) is 13.1 Å². The molecule has 2 saturated heterocycles. The lowest BCUT2D eigenvalue weighted by Crippen LogP contribution is -2.46. The van der Waals surface area contributed by atoms with E-state index in [-0.39, 0.29) is 5.24 Å². The number of carbonyl (C=O) groups is 1. The maximum atomic E-state index is 11.1. The molecule has 2 heterocycles. The highest BCUT2D eigenvalue weighted by atomic mass is 32.2. The SMILES string of the molecule is [N]C1SC(=O)N2CCCCN12. The Balaban J connectivity index is 2.13. The van der Waals surface area contributed by atoms with Crippen LogP contribution in [0.5, 0.6) is 0 Å². The number of hydrogen-bond acceptors (Lipinski definition) is 3. The molecule has 0 aromatic heterocycles. The summed E-state index contributed by atoms with van der Waals surface area (Å²) in [6, 6.07) is 0. The fourth-order valence-electron chi connectivity index (χ4n) is 1.42. The van der Waals surface area contributed by atoms with Crippen LogP contribution in [0, 0.1) is 0 Å². The van der Waals surface area contributed by atoms with Gasteiger partial charge < -0.3 is 0 Å². The van der Waals surface area contributed by atoms with Gasteiger partial charge in [-0.1, -0.05) is 0 Å². The first-order valence-corrected chi connectivity index (χ1v) is 4.60. The van der Waals surface area contributed by atoms with Crippen LogP contribution in [-0.2, 0) is 0 Å². The van der Waals surface area contributed by atoms with Crippen molar-refractivity contribution in [2.24, 2.45) is 0 Å². The van der Waals surface area contributed by atoms with Crippen molar-refractivity contribution in [3.63, 3.8) is 0 Å². The summed E-state index contributed by atoms with van der Waals surface area (Å²) in [5.74, 6) is 0. The molecule has 1 atom stereocenters. The maximum absolute atomic E-state index is 11.1. The summed E-state index contributed by atoms with van der Waals surface area (Å²) in [5.41, 5.74) is 8.68. The number of carbonyl (C=O) groups excluding carboxylic acids is 1. The second-order valence-electron chi connectivity index (χ2n) is 2.70. The minimum Gasteiger partial charge on any atom is -0.264 e. The molecule has 2 fully saturated rings. The van der Waals surface area contributed by atoms with Crippen molar-refractivity contribution >= 4 is 17.0 Å². The molecule has 1 amide bonds. The Morgan fingerprint density at radius 2 is 2.18 bits per heavy atom. The molecule has 5 heteroatoms. The second kappa shape index (κ2) is 2.66. The maximum Gasteiger partial charge on any atom is 0.299 e. The zero-order chi connectivity index (χ0) is 7.84. The average molecular weight is 171 g/mol. The third-order valence-corrected chi connectivity index (χ3v) is 2.86. The smallest absolute Gasteiger partial charge is 0.264 e. The van der Waals surface area contributed by atoms with Crippen LogP contribution in [0.1, 0.15) is 12.8 Å². The van der Waals surface area contributed by atoms with Crippen molar-refractivity contribution in [3.8, 4) is 0 Å². The van der Waals surface area contributed by atoms with Crippen molar-refractivity contribution < 1.29 is 4.79 Å². The number of amides is 1. The van der Waals surface area contributed by atoms with Crippen LogP contribution in [0.15, 0.2) is 0 Å². The van der Waals surface area contributed by atoms with E-state index >= 15 is 0 Å². The Kier molecular flexibility index (Phi) is 1.78. The van der Waals surface area contributed by atoms with Gasteiger partial charge in [-0.15, -0.1) is 5.73 Å². The highest BCUT2D eigenvalue weighted by Crippen LogP contribution is 2.30. The zero-order valence-corrected chi connectivity index (χ0v) is 6.88. The van der Waals surface area contributed by atoms with Crippen LogP contribution >= 0.6 is 11.8 Å². The normalized spacial score (nSPS) is 32.6. The van der Waals surface area contributed by atoms with Crippen molar-refractivity contribution in [1.29, 1.82) is 0 Å². The predicted molar refractivity (Wildman–Crippen MR) is 41.6 cm³/mol. The molecule has 2 aliphatic heterocycles. The van der Waals surface area contributed by atoms with Crippen LogP contribution in [0.25, 0.3) is 0 Å². The molecule has 4 nitrogen and oxygen atoms in total. The molecule has 0 N–H and O–H groups in total. The monoisotopic (exact) mass is 171 g/mol. The van der Waals surface area contributed by atoms with Crippen LogP contribution in [0.3, 0.4) is 0 Å². The van der Waals surface area contributed by atoms with Gasteiger partial charge in [-0.25, -0.2) is 0 Å². The topological polar surface area (TPSA) is 45.9 Å². The quantitative estimate of drug-likeness (QED) is 0.533. The van der Waals surface area contributed by atoms with E-state index in [1.54, 1.807) is 10.0 Å². The van der Waals surface area contributed by atoms with Gasteiger partial charge in [-0.2, -0.15) is 5.01 Å². The molecular formula is C6H9N3OS. The summed E-state index contributed by atoms with van der Waals surface area (Å²) in [6.45, 7) is 1.57. The number of hydrogen-bond donors (Lipinski definition) is 0. The Morgan fingerprint density at radius 1 is 1.45 bits per heavy atom. The van der Waals surface area contributed by atoms with Crippen molar-refractivity contribution in [1.82, 2.24) is 15.8 Å². The summed E-state index contributed by atoms with van der Waals surface area (Å²) in [7, 11) is 0. The Bertz CT molecular complexity index is 187. The molecule has 2 radical (unpaired) electrons. The highest BCUT2D eigenvalue weighted by Gasteiger charge is 2.38. The van der Waals surface area contributed by atoms with Gasteiger partial charge in [0.15, 0.2) is 5.50 Å². The second-order valence-corrected chi connectivity index (χ2v) is 3.71. The van der Waals surface area contributed by atoms with Crippen LogP contribution in [-0.4, -0.2) is 33.8 Å². The van der Waals surface area contributed by atoms with Gasteiger partial charge in [-0.05, 0) is 24.6 Å². The molecule has 11 heavy (non-hydrogen) atoms. The molecular weight excluding hydrogens is 162 g/mol. The van der Waals surface area contributed by atoms with Gasteiger partial charge in [0.05, 0.1) is 0 Å². The van der Waals surface area contributed by atoms with Crippen LogP contribution in [0.4, 0.5) is 4.79 Å².